The van der Waals surface area contributed by atoms with Gasteiger partial charge in [0.1, 0.15) is 12.6 Å². The lowest BCUT2D eigenvalue weighted by atomic mass is 10.1. The Morgan fingerprint density at radius 2 is 1.71 bits per heavy atom. The Balaban J connectivity index is 1.87. The number of para-hydroxylation sites is 1. The van der Waals surface area contributed by atoms with Crippen molar-refractivity contribution < 1.29 is 18.0 Å². The first-order chi connectivity index (χ1) is 16.1. The third-order valence-corrected chi connectivity index (χ3v) is 7.81. The smallest absolute Gasteiger partial charge is 0.244 e. The van der Waals surface area contributed by atoms with Crippen LogP contribution in [-0.4, -0.2) is 50.0 Å². The molecule has 1 aliphatic rings. The minimum absolute atomic E-state index is 0.0708. The highest BCUT2D eigenvalue weighted by atomic mass is 35.5. The number of anilines is 1. The van der Waals surface area contributed by atoms with E-state index in [4.69, 9.17) is 23.2 Å². The molecule has 7 nitrogen and oxygen atoms in total. The maximum absolute atomic E-state index is 13.5. The number of nitrogens with zero attached hydrogens (tertiary/aromatic N) is 2. The Hall–Kier alpha value is -2.29. The van der Waals surface area contributed by atoms with Crippen molar-refractivity contribution in [2.75, 3.05) is 17.1 Å². The zero-order valence-corrected chi connectivity index (χ0v) is 21.5. The van der Waals surface area contributed by atoms with Crippen LogP contribution in [-0.2, 0) is 26.2 Å². The molecule has 1 aliphatic carbocycles. The summed E-state index contributed by atoms with van der Waals surface area (Å²) in [6.45, 7) is 1.28. The number of carbonyl (C=O) groups excluding carboxylic acids is 2. The fraction of sp³-hybridized carbons (Fsp3) is 0.417. The Kier molecular flexibility index (Phi) is 8.84. The SMILES string of the molecule is CC(C(=O)NC1CCCC1)N(Cc1ccc(Cl)c(Cl)c1)C(=O)CN(c1ccccc1)S(C)(=O)=O. The van der Waals surface area contributed by atoms with Gasteiger partial charge in [0.25, 0.3) is 0 Å². The molecular formula is C24H29Cl2N3O4S. The molecule has 2 aromatic rings. The zero-order valence-electron chi connectivity index (χ0n) is 19.2. The molecule has 0 spiro atoms. The van der Waals surface area contributed by atoms with Crippen LogP contribution in [0.25, 0.3) is 0 Å². The second kappa shape index (κ2) is 11.4. The van der Waals surface area contributed by atoms with E-state index in [0.717, 1.165) is 36.2 Å². The van der Waals surface area contributed by atoms with Gasteiger partial charge in [0.2, 0.25) is 21.8 Å². The molecule has 10 heteroatoms. The van der Waals surface area contributed by atoms with Gasteiger partial charge in [0, 0.05) is 12.6 Å². The summed E-state index contributed by atoms with van der Waals surface area (Å²) in [5.74, 6) is -0.777. The summed E-state index contributed by atoms with van der Waals surface area (Å²) in [4.78, 5) is 27.9. The molecule has 2 aromatic carbocycles. The van der Waals surface area contributed by atoms with Crippen molar-refractivity contribution in [3.63, 3.8) is 0 Å². The number of amides is 2. The lowest BCUT2D eigenvalue weighted by Crippen LogP contribution is -2.52. The monoisotopic (exact) mass is 525 g/mol. The van der Waals surface area contributed by atoms with Crippen molar-refractivity contribution in [1.82, 2.24) is 10.2 Å². The van der Waals surface area contributed by atoms with Crippen molar-refractivity contribution in [2.45, 2.75) is 51.2 Å². The number of sulfonamides is 1. The molecule has 184 valence electrons. The molecule has 2 amide bonds. The molecule has 0 aliphatic heterocycles. The summed E-state index contributed by atoms with van der Waals surface area (Å²) in [5, 5.41) is 3.73. The lowest BCUT2D eigenvalue weighted by Gasteiger charge is -2.32. The van der Waals surface area contributed by atoms with Crippen LogP contribution in [0.2, 0.25) is 10.0 Å². The molecule has 0 bridgehead atoms. The van der Waals surface area contributed by atoms with Gasteiger partial charge in [-0.05, 0) is 49.6 Å². The molecule has 1 saturated carbocycles. The largest absolute Gasteiger partial charge is 0.352 e. The molecule has 0 saturated heterocycles. The van der Waals surface area contributed by atoms with Crippen LogP contribution in [0, 0.1) is 0 Å². The topological polar surface area (TPSA) is 86.8 Å². The van der Waals surface area contributed by atoms with Crippen LogP contribution in [0.5, 0.6) is 0 Å². The van der Waals surface area contributed by atoms with Gasteiger partial charge in [-0.15, -0.1) is 0 Å². The van der Waals surface area contributed by atoms with Gasteiger partial charge < -0.3 is 10.2 Å². The lowest BCUT2D eigenvalue weighted by molar-refractivity contribution is -0.139. The Morgan fingerprint density at radius 3 is 2.29 bits per heavy atom. The summed E-state index contributed by atoms with van der Waals surface area (Å²) in [6.07, 6.45) is 4.99. The molecule has 0 aromatic heterocycles. The van der Waals surface area contributed by atoms with E-state index in [9.17, 15) is 18.0 Å². The second-order valence-corrected chi connectivity index (χ2v) is 11.3. The highest BCUT2D eigenvalue weighted by Crippen LogP contribution is 2.25. The van der Waals surface area contributed by atoms with Crippen LogP contribution in [0.1, 0.15) is 38.2 Å². The maximum Gasteiger partial charge on any atom is 0.244 e. The van der Waals surface area contributed by atoms with E-state index < -0.39 is 28.5 Å². The zero-order chi connectivity index (χ0) is 24.9. The number of halogens is 2. The number of nitrogens with one attached hydrogen (secondary N) is 1. The van der Waals surface area contributed by atoms with Crippen LogP contribution in [0.15, 0.2) is 48.5 Å². The molecule has 0 radical (unpaired) electrons. The normalized spacial score (nSPS) is 15.1. The van der Waals surface area contributed by atoms with Crippen molar-refractivity contribution in [3.8, 4) is 0 Å². The predicted octanol–water partition coefficient (Wildman–Crippen LogP) is 4.24. The van der Waals surface area contributed by atoms with E-state index in [1.165, 1.54) is 4.90 Å². The molecule has 1 atom stereocenters. The van der Waals surface area contributed by atoms with E-state index in [0.29, 0.717) is 21.3 Å². The molecule has 0 heterocycles. The van der Waals surface area contributed by atoms with Gasteiger partial charge in [-0.25, -0.2) is 8.42 Å². The summed E-state index contributed by atoms with van der Waals surface area (Å²) in [5.41, 5.74) is 1.05. The first-order valence-corrected chi connectivity index (χ1v) is 13.7. The van der Waals surface area contributed by atoms with Gasteiger partial charge in [-0.2, -0.15) is 0 Å². The molecule has 34 heavy (non-hydrogen) atoms. The number of carbonyl (C=O) groups is 2. The minimum atomic E-state index is -3.75. The van der Waals surface area contributed by atoms with Crippen molar-refractivity contribution >= 4 is 50.7 Å². The van der Waals surface area contributed by atoms with Crippen molar-refractivity contribution in [3.05, 3.63) is 64.1 Å². The fourth-order valence-corrected chi connectivity index (χ4v) is 5.19. The average molecular weight is 526 g/mol. The van der Waals surface area contributed by atoms with Crippen LogP contribution in [0.3, 0.4) is 0 Å². The number of benzene rings is 2. The summed E-state index contributed by atoms with van der Waals surface area (Å²) in [6, 6.07) is 12.6. The van der Waals surface area contributed by atoms with Gasteiger partial charge in [0.15, 0.2) is 0 Å². The summed E-state index contributed by atoms with van der Waals surface area (Å²) >= 11 is 12.2. The Morgan fingerprint density at radius 1 is 1.06 bits per heavy atom. The highest BCUT2D eigenvalue weighted by Gasteiger charge is 2.31. The molecule has 1 unspecified atom stereocenters. The van der Waals surface area contributed by atoms with Crippen molar-refractivity contribution in [1.29, 1.82) is 0 Å². The van der Waals surface area contributed by atoms with Crippen LogP contribution < -0.4 is 9.62 Å². The van der Waals surface area contributed by atoms with E-state index in [2.05, 4.69) is 5.32 Å². The number of hydrogen-bond acceptors (Lipinski definition) is 4. The quantitative estimate of drug-likeness (QED) is 0.530. The number of hydrogen-bond donors (Lipinski definition) is 1. The van der Waals surface area contributed by atoms with E-state index in [1.807, 2.05) is 0 Å². The maximum atomic E-state index is 13.5. The first-order valence-electron chi connectivity index (χ1n) is 11.1. The minimum Gasteiger partial charge on any atom is -0.352 e. The van der Waals surface area contributed by atoms with E-state index >= 15 is 0 Å². The second-order valence-electron chi connectivity index (χ2n) is 8.54. The first kappa shape index (κ1) is 26.3. The van der Waals surface area contributed by atoms with Gasteiger partial charge in [-0.3, -0.25) is 13.9 Å². The van der Waals surface area contributed by atoms with Crippen molar-refractivity contribution in [2.24, 2.45) is 0 Å². The predicted molar refractivity (Wildman–Crippen MR) is 136 cm³/mol. The van der Waals surface area contributed by atoms with E-state index in [1.54, 1.807) is 55.5 Å². The summed E-state index contributed by atoms with van der Waals surface area (Å²) in [7, 11) is -3.75. The highest BCUT2D eigenvalue weighted by molar-refractivity contribution is 7.92. The Bertz CT molecular complexity index is 1120. The van der Waals surface area contributed by atoms with Crippen LogP contribution in [0.4, 0.5) is 5.69 Å². The third-order valence-electron chi connectivity index (χ3n) is 5.93. The molecular weight excluding hydrogens is 497 g/mol. The average Bonchev–Trinajstić information content (AvgIpc) is 3.30. The molecule has 1 N–H and O–H groups in total. The number of rotatable bonds is 9. The molecule has 1 fully saturated rings. The molecule has 3 rings (SSSR count). The van der Waals surface area contributed by atoms with Gasteiger partial charge >= 0.3 is 0 Å². The standard InChI is InChI=1S/C24H29Cl2N3O4S/c1-17(24(31)27-19-8-6-7-9-19)28(15-18-12-13-21(25)22(26)14-18)23(30)16-29(34(2,32)33)20-10-4-3-5-11-20/h3-5,10-14,17,19H,6-9,15-16H2,1-2H3,(H,27,31). The van der Waals surface area contributed by atoms with E-state index in [-0.39, 0.29) is 18.5 Å². The van der Waals surface area contributed by atoms with Gasteiger partial charge in [0.05, 0.1) is 22.0 Å². The van der Waals surface area contributed by atoms with Crippen LogP contribution >= 0.6 is 23.2 Å². The third kappa shape index (κ3) is 6.87. The fourth-order valence-electron chi connectivity index (χ4n) is 4.02. The van der Waals surface area contributed by atoms with Gasteiger partial charge in [-0.1, -0.05) is 60.3 Å². The summed E-state index contributed by atoms with van der Waals surface area (Å²) < 4.78 is 26.1. The Labute approximate surface area is 211 Å².